The van der Waals surface area contributed by atoms with E-state index in [1.165, 1.54) is 0 Å². The minimum absolute atomic E-state index is 0.203. The lowest BCUT2D eigenvalue weighted by Gasteiger charge is -2.06. The van der Waals surface area contributed by atoms with Crippen molar-refractivity contribution in [2.45, 2.75) is 6.10 Å². The van der Waals surface area contributed by atoms with Gasteiger partial charge in [0.15, 0.2) is 0 Å². The number of benzene rings is 2. The molecule has 2 rings (SSSR count). The van der Waals surface area contributed by atoms with E-state index in [2.05, 4.69) is 0 Å². The van der Waals surface area contributed by atoms with E-state index >= 15 is 0 Å². The zero-order valence-electron chi connectivity index (χ0n) is 9.62. The van der Waals surface area contributed by atoms with E-state index in [4.69, 9.17) is 11.6 Å². The number of rotatable bonds is 3. The number of halogens is 1. The maximum Gasteiger partial charge on any atom is 0.116 e. The fourth-order valence-corrected chi connectivity index (χ4v) is 1.83. The van der Waals surface area contributed by atoms with Crippen molar-refractivity contribution in [2.24, 2.45) is 0 Å². The molecular formula is C15H13ClO2. The molecule has 0 aliphatic carbocycles. The summed E-state index contributed by atoms with van der Waals surface area (Å²) in [7, 11) is 0. The highest BCUT2D eigenvalue weighted by Crippen LogP contribution is 2.20. The van der Waals surface area contributed by atoms with Gasteiger partial charge in [0.25, 0.3) is 0 Å². The summed E-state index contributed by atoms with van der Waals surface area (Å²) in [5, 5.41) is 19.9. The highest BCUT2D eigenvalue weighted by Gasteiger charge is 2.03. The molecule has 0 heterocycles. The molecule has 0 saturated heterocycles. The Balaban J connectivity index is 2.14. The van der Waals surface area contributed by atoms with Crippen molar-refractivity contribution < 1.29 is 10.2 Å². The van der Waals surface area contributed by atoms with E-state index in [9.17, 15) is 10.2 Å². The maximum atomic E-state index is 9.97. The second-order valence-corrected chi connectivity index (χ2v) is 4.39. The zero-order valence-corrected chi connectivity index (χ0v) is 10.4. The lowest BCUT2D eigenvalue weighted by atomic mass is 10.1. The molecule has 0 bridgehead atoms. The summed E-state index contributed by atoms with van der Waals surface area (Å²) in [6, 6.07) is 13.9. The average molecular weight is 261 g/mol. The third-order valence-electron chi connectivity index (χ3n) is 2.53. The molecule has 0 aliphatic heterocycles. The van der Waals surface area contributed by atoms with Gasteiger partial charge in [0.05, 0.1) is 6.10 Å². The highest BCUT2D eigenvalue weighted by molar-refractivity contribution is 6.30. The van der Waals surface area contributed by atoms with Crippen LogP contribution in [0, 0.1) is 0 Å². The van der Waals surface area contributed by atoms with Crippen LogP contribution in [0.3, 0.4) is 0 Å². The molecule has 2 N–H and O–H groups in total. The maximum absolute atomic E-state index is 9.97. The van der Waals surface area contributed by atoms with E-state index in [-0.39, 0.29) is 5.75 Å². The summed E-state index contributed by atoms with van der Waals surface area (Å²) in [4.78, 5) is 0. The summed E-state index contributed by atoms with van der Waals surface area (Å²) in [6.45, 7) is 0. The first-order chi connectivity index (χ1) is 8.65. The van der Waals surface area contributed by atoms with Gasteiger partial charge in [-0.2, -0.15) is 0 Å². The molecule has 0 aromatic heterocycles. The molecule has 92 valence electrons. The Morgan fingerprint density at radius 1 is 1.06 bits per heavy atom. The summed E-state index contributed by atoms with van der Waals surface area (Å²) >= 11 is 5.86. The summed E-state index contributed by atoms with van der Waals surface area (Å²) in [5.41, 5.74) is 1.56. The molecule has 18 heavy (non-hydrogen) atoms. The van der Waals surface area contributed by atoms with Crippen molar-refractivity contribution in [3.63, 3.8) is 0 Å². The number of aliphatic hydroxyl groups excluding tert-OH is 1. The van der Waals surface area contributed by atoms with E-state index in [0.29, 0.717) is 5.02 Å². The third-order valence-corrected chi connectivity index (χ3v) is 2.77. The van der Waals surface area contributed by atoms with Crippen LogP contribution in [-0.2, 0) is 0 Å². The number of hydrogen-bond acceptors (Lipinski definition) is 2. The van der Waals surface area contributed by atoms with E-state index < -0.39 is 6.10 Å². The monoisotopic (exact) mass is 260 g/mol. The second-order valence-electron chi connectivity index (χ2n) is 3.95. The molecule has 3 heteroatoms. The van der Waals surface area contributed by atoms with Crippen molar-refractivity contribution in [3.8, 4) is 5.75 Å². The van der Waals surface area contributed by atoms with Gasteiger partial charge in [0.1, 0.15) is 5.75 Å². The van der Waals surface area contributed by atoms with E-state index in [1.807, 2.05) is 12.1 Å². The van der Waals surface area contributed by atoms with E-state index in [1.54, 1.807) is 48.6 Å². The van der Waals surface area contributed by atoms with Crippen LogP contribution in [-0.4, -0.2) is 10.2 Å². The number of phenols is 1. The fourth-order valence-electron chi connectivity index (χ4n) is 1.63. The largest absolute Gasteiger partial charge is 0.508 e. The Morgan fingerprint density at radius 3 is 2.56 bits per heavy atom. The Morgan fingerprint density at radius 2 is 1.83 bits per heavy atom. The third kappa shape index (κ3) is 3.36. The molecule has 0 saturated carbocycles. The number of aliphatic hydroxyl groups is 1. The quantitative estimate of drug-likeness (QED) is 0.881. The van der Waals surface area contributed by atoms with Crippen molar-refractivity contribution in [1.29, 1.82) is 0 Å². The fraction of sp³-hybridized carbons (Fsp3) is 0.0667. The van der Waals surface area contributed by atoms with Gasteiger partial charge in [-0.1, -0.05) is 48.0 Å². The molecule has 0 amide bonds. The Bertz CT molecular complexity index is 564. The van der Waals surface area contributed by atoms with Crippen LogP contribution >= 0.6 is 11.6 Å². The first-order valence-electron chi connectivity index (χ1n) is 5.56. The SMILES string of the molecule is Oc1cccc(/C=C/C(O)c2cccc(Cl)c2)c1. The van der Waals surface area contributed by atoms with Gasteiger partial charge in [-0.15, -0.1) is 0 Å². The number of hydrogen-bond donors (Lipinski definition) is 2. The topological polar surface area (TPSA) is 40.5 Å². The van der Waals surface area contributed by atoms with E-state index in [0.717, 1.165) is 11.1 Å². The Kier molecular flexibility index (Phi) is 4.03. The van der Waals surface area contributed by atoms with Crippen molar-refractivity contribution in [1.82, 2.24) is 0 Å². The molecule has 1 atom stereocenters. The molecule has 0 fully saturated rings. The van der Waals surface area contributed by atoms with Crippen LogP contribution in [0.25, 0.3) is 6.08 Å². The molecule has 0 spiro atoms. The minimum Gasteiger partial charge on any atom is -0.508 e. The van der Waals surface area contributed by atoms with Gasteiger partial charge in [-0.3, -0.25) is 0 Å². The van der Waals surface area contributed by atoms with Gasteiger partial charge in [-0.05, 0) is 35.4 Å². The minimum atomic E-state index is -0.717. The smallest absolute Gasteiger partial charge is 0.116 e. The van der Waals surface area contributed by atoms with Gasteiger partial charge in [0, 0.05) is 5.02 Å². The van der Waals surface area contributed by atoms with Gasteiger partial charge < -0.3 is 10.2 Å². The van der Waals surface area contributed by atoms with Crippen molar-refractivity contribution >= 4 is 17.7 Å². The van der Waals surface area contributed by atoms with Gasteiger partial charge >= 0.3 is 0 Å². The summed E-state index contributed by atoms with van der Waals surface area (Å²) in [5.74, 6) is 0.203. The van der Waals surface area contributed by atoms with Crippen LogP contribution in [0.15, 0.2) is 54.6 Å². The lowest BCUT2D eigenvalue weighted by molar-refractivity contribution is 0.229. The summed E-state index contributed by atoms with van der Waals surface area (Å²) < 4.78 is 0. The predicted octanol–water partition coefficient (Wildman–Crippen LogP) is 3.79. The molecule has 2 aromatic rings. The molecule has 1 unspecified atom stereocenters. The Labute approximate surface area is 111 Å². The number of phenolic OH excluding ortho intramolecular Hbond substituents is 1. The second kappa shape index (κ2) is 5.71. The van der Waals surface area contributed by atoms with Crippen LogP contribution in [0.5, 0.6) is 5.75 Å². The van der Waals surface area contributed by atoms with Crippen LogP contribution in [0.2, 0.25) is 5.02 Å². The molecule has 2 nitrogen and oxygen atoms in total. The molecule has 0 radical (unpaired) electrons. The standard InChI is InChI=1S/C15H13ClO2/c16-13-5-2-4-12(10-13)15(18)8-7-11-3-1-6-14(17)9-11/h1-10,15,17-18H/b8-7+. The molecular weight excluding hydrogens is 248 g/mol. The first-order valence-corrected chi connectivity index (χ1v) is 5.94. The van der Waals surface area contributed by atoms with Gasteiger partial charge in [-0.25, -0.2) is 0 Å². The lowest BCUT2D eigenvalue weighted by Crippen LogP contribution is -1.92. The average Bonchev–Trinajstić information content (AvgIpc) is 2.36. The normalized spacial score (nSPS) is 12.8. The van der Waals surface area contributed by atoms with Crippen LogP contribution in [0.4, 0.5) is 0 Å². The van der Waals surface area contributed by atoms with Crippen molar-refractivity contribution in [2.75, 3.05) is 0 Å². The number of aromatic hydroxyl groups is 1. The van der Waals surface area contributed by atoms with Gasteiger partial charge in [0.2, 0.25) is 0 Å². The predicted molar refractivity (Wildman–Crippen MR) is 73.6 cm³/mol. The van der Waals surface area contributed by atoms with Crippen LogP contribution in [0.1, 0.15) is 17.2 Å². The Hall–Kier alpha value is -1.77. The summed E-state index contributed by atoms with van der Waals surface area (Å²) in [6.07, 6.45) is 2.69. The van der Waals surface area contributed by atoms with Crippen molar-refractivity contribution in [3.05, 3.63) is 70.8 Å². The zero-order chi connectivity index (χ0) is 13.0. The van der Waals surface area contributed by atoms with Crippen LogP contribution < -0.4 is 0 Å². The highest BCUT2D eigenvalue weighted by atomic mass is 35.5. The molecule has 2 aromatic carbocycles. The first kappa shape index (κ1) is 12.7. The molecule has 0 aliphatic rings.